The van der Waals surface area contributed by atoms with Crippen LogP contribution in [0, 0.1) is 0 Å². The molecule has 0 radical (unpaired) electrons. The fraction of sp³-hybridized carbons (Fsp3) is 0.278. The SMILES string of the molecule is CCOC(=O)Cc1sc(-c2ccc(N(C)C)nc2)nc1-c1ccsc1. The summed E-state index contributed by atoms with van der Waals surface area (Å²) in [6.45, 7) is 2.20. The van der Waals surface area contributed by atoms with Gasteiger partial charge in [-0.1, -0.05) is 0 Å². The zero-order valence-electron chi connectivity index (χ0n) is 14.4. The number of esters is 1. The largest absolute Gasteiger partial charge is 0.466 e. The second kappa shape index (κ2) is 7.76. The third kappa shape index (κ3) is 4.05. The van der Waals surface area contributed by atoms with Crippen LogP contribution in [0.1, 0.15) is 11.8 Å². The summed E-state index contributed by atoms with van der Waals surface area (Å²) in [6.07, 6.45) is 2.06. The first-order valence-electron chi connectivity index (χ1n) is 7.90. The van der Waals surface area contributed by atoms with Gasteiger partial charge in [0.15, 0.2) is 0 Å². The van der Waals surface area contributed by atoms with Crippen molar-refractivity contribution in [3.05, 3.63) is 40.0 Å². The Labute approximate surface area is 154 Å². The number of thiazole rings is 1. The summed E-state index contributed by atoms with van der Waals surface area (Å²) in [5, 5.41) is 4.91. The lowest BCUT2D eigenvalue weighted by Crippen LogP contribution is -2.09. The highest BCUT2D eigenvalue weighted by Gasteiger charge is 2.18. The van der Waals surface area contributed by atoms with Crippen LogP contribution in [0.25, 0.3) is 21.8 Å². The van der Waals surface area contributed by atoms with Crippen molar-refractivity contribution < 1.29 is 9.53 Å². The highest BCUT2D eigenvalue weighted by molar-refractivity contribution is 7.15. The van der Waals surface area contributed by atoms with E-state index < -0.39 is 0 Å². The third-order valence-electron chi connectivity index (χ3n) is 3.56. The van der Waals surface area contributed by atoms with E-state index in [1.165, 1.54) is 11.3 Å². The van der Waals surface area contributed by atoms with Gasteiger partial charge in [0.2, 0.25) is 0 Å². The predicted molar refractivity (Wildman–Crippen MR) is 103 cm³/mol. The molecule has 0 saturated carbocycles. The van der Waals surface area contributed by atoms with Gasteiger partial charge < -0.3 is 9.64 Å². The van der Waals surface area contributed by atoms with E-state index in [1.807, 2.05) is 61.1 Å². The van der Waals surface area contributed by atoms with Crippen molar-refractivity contribution in [1.29, 1.82) is 0 Å². The molecule has 3 heterocycles. The Hall–Kier alpha value is -2.25. The molecule has 0 unspecified atom stereocenters. The van der Waals surface area contributed by atoms with Crippen LogP contribution in [0.3, 0.4) is 0 Å². The zero-order chi connectivity index (χ0) is 17.8. The van der Waals surface area contributed by atoms with Gasteiger partial charge in [-0.15, -0.1) is 11.3 Å². The minimum Gasteiger partial charge on any atom is -0.466 e. The van der Waals surface area contributed by atoms with Crippen LogP contribution in [0.2, 0.25) is 0 Å². The Morgan fingerprint density at radius 2 is 2.08 bits per heavy atom. The van der Waals surface area contributed by atoms with Gasteiger partial charge in [0.05, 0.1) is 18.7 Å². The van der Waals surface area contributed by atoms with Crippen LogP contribution in [0.4, 0.5) is 5.82 Å². The Bertz CT molecular complexity index is 840. The number of anilines is 1. The average molecular weight is 374 g/mol. The number of nitrogens with zero attached hydrogens (tertiary/aromatic N) is 3. The number of carbonyl (C=O) groups excluding carboxylic acids is 1. The maximum Gasteiger partial charge on any atom is 0.311 e. The molecule has 0 saturated heterocycles. The lowest BCUT2D eigenvalue weighted by Gasteiger charge is -2.10. The van der Waals surface area contributed by atoms with E-state index in [9.17, 15) is 4.79 Å². The predicted octanol–water partition coefficient (Wildman–Crippen LogP) is 4.11. The summed E-state index contributed by atoms with van der Waals surface area (Å²) in [6, 6.07) is 5.99. The first-order valence-corrected chi connectivity index (χ1v) is 9.66. The Morgan fingerprint density at radius 1 is 1.24 bits per heavy atom. The van der Waals surface area contributed by atoms with Crippen LogP contribution in [0.5, 0.6) is 0 Å². The molecule has 0 aliphatic rings. The van der Waals surface area contributed by atoms with Crippen LogP contribution in [-0.2, 0) is 16.0 Å². The summed E-state index contributed by atoms with van der Waals surface area (Å²) in [7, 11) is 3.91. The molecule has 25 heavy (non-hydrogen) atoms. The molecule has 0 aliphatic heterocycles. The molecule has 5 nitrogen and oxygen atoms in total. The third-order valence-corrected chi connectivity index (χ3v) is 5.34. The fourth-order valence-electron chi connectivity index (χ4n) is 2.34. The normalized spacial score (nSPS) is 10.7. The summed E-state index contributed by atoms with van der Waals surface area (Å²) in [5.41, 5.74) is 2.83. The molecular weight excluding hydrogens is 354 g/mol. The standard InChI is InChI=1S/C18H19N3O2S2/c1-4-23-16(22)9-14-17(13-7-8-24-11-13)20-18(25-14)12-5-6-15(19-10-12)21(2)3/h5-8,10-11H,4,9H2,1-3H3. The molecule has 7 heteroatoms. The number of ether oxygens (including phenoxy) is 1. The van der Waals surface area contributed by atoms with Crippen LogP contribution < -0.4 is 4.90 Å². The van der Waals surface area contributed by atoms with E-state index in [0.29, 0.717) is 6.61 Å². The monoisotopic (exact) mass is 373 g/mol. The van der Waals surface area contributed by atoms with E-state index in [0.717, 1.165) is 32.5 Å². The van der Waals surface area contributed by atoms with Gasteiger partial charge in [-0.3, -0.25) is 4.79 Å². The van der Waals surface area contributed by atoms with Gasteiger partial charge in [0.1, 0.15) is 10.8 Å². The van der Waals surface area contributed by atoms with Crippen LogP contribution in [0.15, 0.2) is 35.2 Å². The van der Waals surface area contributed by atoms with E-state index in [2.05, 4.69) is 4.98 Å². The number of aromatic nitrogens is 2. The topological polar surface area (TPSA) is 55.3 Å². The van der Waals surface area contributed by atoms with E-state index >= 15 is 0 Å². The first-order chi connectivity index (χ1) is 12.1. The number of hydrogen-bond donors (Lipinski definition) is 0. The lowest BCUT2D eigenvalue weighted by molar-refractivity contribution is -0.142. The molecule has 3 aromatic heterocycles. The van der Waals surface area contributed by atoms with Crippen molar-refractivity contribution in [1.82, 2.24) is 9.97 Å². The molecule has 0 atom stereocenters. The summed E-state index contributed by atoms with van der Waals surface area (Å²) >= 11 is 3.13. The first kappa shape index (κ1) is 17.6. The smallest absolute Gasteiger partial charge is 0.311 e. The van der Waals surface area contributed by atoms with Gasteiger partial charge in [0.25, 0.3) is 0 Å². The van der Waals surface area contributed by atoms with Gasteiger partial charge >= 0.3 is 5.97 Å². The maximum absolute atomic E-state index is 11.9. The molecule has 3 aromatic rings. The molecule has 0 aromatic carbocycles. The minimum atomic E-state index is -0.227. The highest BCUT2D eigenvalue weighted by atomic mass is 32.1. The number of hydrogen-bond acceptors (Lipinski definition) is 7. The number of carbonyl (C=O) groups is 1. The Morgan fingerprint density at radius 3 is 2.68 bits per heavy atom. The molecule has 0 spiro atoms. The Kier molecular flexibility index (Phi) is 5.45. The van der Waals surface area contributed by atoms with Crippen LogP contribution in [-0.4, -0.2) is 36.6 Å². The molecule has 0 fully saturated rings. The van der Waals surface area contributed by atoms with Crippen molar-refractivity contribution >= 4 is 34.5 Å². The molecular formula is C18H19N3O2S2. The number of pyridine rings is 1. The van der Waals surface area contributed by atoms with Crippen molar-refractivity contribution in [3.63, 3.8) is 0 Å². The molecule has 0 amide bonds. The van der Waals surface area contributed by atoms with Crippen molar-refractivity contribution in [3.8, 4) is 21.8 Å². The summed E-state index contributed by atoms with van der Waals surface area (Å²) in [4.78, 5) is 24.0. The maximum atomic E-state index is 11.9. The average Bonchev–Trinajstić information content (AvgIpc) is 3.24. The molecule has 0 N–H and O–H groups in total. The van der Waals surface area contributed by atoms with E-state index in [-0.39, 0.29) is 12.4 Å². The van der Waals surface area contributed by atoms with Crippen molar-refractivity contribution in [2.45, 2.75) is 13.3 Å². The zero-order valence-corrected chi connectivity index (χ0v) is 16.0. The van der Waals surface area contributed by atoms with Gasteiger partial charge in [0, 0.05) is 41.7 Å². The van der Waals surface area contributed by atoms with Gasteiger partial charge in [-0.05, 0) is 30.5 Å². The van der Waals surface area contributed by atoms with E-state index in [4.69, 9.17) is 9.72 Å². The van der Waals surface area contributed by atoms with Crippen molar-refractivity contribution in [2.24, 2.45) is 0 Å². The van der Waals surface area contributed by atoms with E-state index in [1.54, 1.807) is 11.3 Å². The number of thiophene rings is 1. The number of rotatable bonds is 6. The van der Waals surface area contributed by atoms with Gasteiger partial charge in [-0.25, -0.2) is 9.97 Å². The van der Waals surface area contributed by atoms with Crippen molar-refractivity contribution in [2.75, 3.05) is 25.6 Å². The highest BCUT2D eigenvalue weighted by Crippen LogP contribution is 2.35. The molecule has 130 valence electrons. The molecule has 0 bridgehead atoms. The Balaban J connectivity index is 1.96. The minimum absolute atomic E-state index is 0.227. The second-order valence-electron chi connectivity index (χ2n) is 5.58. The second-order valence-corrected chi connectivity index (χ2v) is 7.45. The summed E-state index contributed by atoms with van der Waals surface area (Å²) in [5.74, 6) is 0.667. The molecule has 3 rings (SSSR count). The van der Waals surface area contributed by atoms with Crippen LogP contribution >= 0.6 is 22.7 Å². The molecule has 0 aliphatic carbocycles. The lowest BCUT2D eigenvalue weighted by atomic mass is 10.2. The van der Waals surface area contributed by atoms with Gasteiger partial charge in [-0.2, -0.15) is 11.3 Å². The fourth-order valence-corrected chi connectivity index (χ4v) is 4.04. The summed E-state index contributed by atoms with van der Waals surface area (Å²) < 4.78 is 5.10. The quantitative estimate of drug-likeness (QED) is 0.609.